The molecule has 0 unspecified atom stereocenters. The Balaban J connectivity index is 2.08. The summed E-state index contributed by atoms with van der Waals surface area (Å²) in [4.78, 5) is 0. The molecule has 1 N–H and O–H groups in total. The topological polar surface area (TPSA) is 58.6 Å². The molecule has 0 amide bonds. The Labute approximate surface area is 111 Å². The van der Waals surface area contributed by atoms with E-state index in [1.165, 1.54) is 17.1 Å². The van der Waals surface area contributed by atoms with Crippen LogP contribution in [0.25, 0.3) is 0 Å². The minimum Gasteiger partial charge on any atom is -0.385 e. The zero-order valence-electron chi connectivity index (χ0n) is 11.5. The number of unbranched alkanes of at least 4 members (excludes halogenated alkanes) is 1. The van der Waals surface area contributed by atoms with E-state index >= 15 is 0 Å². The van der Waals surface area contributed by atoms with E-state index in [2.05, 4.69) is 5.32 Å². The monoisotopic (exact) mass is 278 g/mol. The van der Waals surface area contributed by atoms with E-state index in [0.717, 1.165) is 25.8 Å². The molecule has 1 aliphatic carbocycles. The van der Waals surface area contributed by atoms with Gasteiger partial charge in [0.05, 0.1) is 5.75 Å². The molecule has 0 heterocycles. The highest BCUT2D eigenvalue weighted by Crippen LogP contribution is 2.18. The predicted molar refractivity (Wildman–Crippen MR) is 73.2 cm³/mol. The first kappa shape index (κ1) is 15.9. The molecule has 0 saturated heterocycles. The zero-order valence-corrected chi connectivity index (χ0v) is 12.3. The number of hydrogen-bond donors (Lipinski definition) is 1. The van der Waals surface area contributed by atoms with Gasteiger partial charge in [0.25, 0.3) is 0 Å². The lowest BCUT2D eigenvalue weighted by Crippen LogP contribution is -2.31. The van der Waals surface area contributed by atoms with Crippen LogP contribution in [0.15, 0.2) is 0 Å². The summed E-state index contributed by atoms with van der Waals surface area (Å²) in [6.45, 7) is 2.08. The number of rotatable bonds is 11. The van der Waals surface area contributed by atoms with Gasteiger partial charge in [-0.1, -0.05) is 0 Å². The lowest BCUT2D eigenvalue weighted by Gasteiger charge is -2.16. The van der Waals surface area contributed by atoms with Crippen molar-refractivity contribution in [2.45, 2.75) is 38.1 Å². The van der Waals surface area contributed by atoms with Gasteiger partial charge in [-0.05, 0) is 38.6 Å². The molecule has 1 rings (SSSR count). The van der Waals surface area contributed by atoms with Crippen molar-refractivity contribution < 1.29 is 13.2 Å². The smallest absolute Gasteiger partial charge is 0.213 e. The molecule has 0 aromatic heterocycles. The Hall–Kier alpha value is -0.170. The van der Waals surface area contributed by atoms with Crippen molar-refractivity contribution >= 4 is 10.0 Å². The summed E-state index contributed by atoms with van der Waals surface area (Å²) in [5.74, 6) is 0.253. The van der Waals surface area contributed by atoms with Gasteiger partial charge in [0.2, 0.25) is 10.0 Å². The lowest BCUT2D eigenvalue weighted by atomic mass is 10.3. The standard InChI is InChI=1S/C12H26N2O3S/c1-14(9-5-10-17-2)18(15,16)11-4-3-8-13-12-6-7-12/h12-13H,3-11H2,1-2H3. The van der Waals surface area contributed by atoms with E-state index < -0.39 is 10.0 Å². The molecule has 0 radical (unpaired) electrons. The van der Waals surface area contributed by atoms with Crippen LogP contribution >= 0.6 is 0 Å². The van der Waals surface area contributed by atoms with Gasteiger partial charge in [-0.2, -0.15) is 0 Å². The first-order chi connectivity index (χ1) is 8.56. The van der Waals surface area contributed by atoms with E-state index in [1.54, 1.807) is 14.2 Å². The van der Waals surface area contributed by atoms with Gasteiger partial charge in [-0.3, -0.25) is 0 Å². The average Bonchev–Trinajstić information content (AvgIpc) is 3.12. The first-order valence-corrected chi connectivity index (χ1v) is 8.33. The Morgan fingerprint density at radius 1 is 1.28 bits per heavy atom. The minimum atomic E-state index is -3.08. The second-order valence-electron chi connectivity index (χ2n) is 4.92. The second-order valence-corrected chi connectivity index (χ2v) is 7.11. The Morgan fingerprint density at radius 2 is 2.00 bits per heavy atom. The molecule has 0 atom stereocenters. The molecule has 5 nitrogen and oxygen atoms in total. The fourth-order valence-electron chi connectivity index (χ4n) is 1.73. The fraction of sp³-hybridized carbons (Fsp3) is 1.00. The third-order valence-corrected chi connectivity index (χ3v) is 5.07. The fourth-order valence-corrected chi connectivity index (χ4v) is 3.02. The van der Waals surface area contributed by atoms with Crippen LogP contribution in [0.3, 0.4) is 0 Å². The van der Waals surface area contributed by atoms with Crippen LogP contribution in [0.4, 0.5) is 0 Å². The Kier molecular flexibility index (Phi) is 7.14. The Bertz CT molecular complexity index is 315. The molecule has 108 valence electrons. The van der Waals surface area contributed by atoms with Crippen LogP contribution in [0.1, 0.15) is 32.1 Å². The maximum Gasteiger partial charge on any atom is 0.213 e. The summed E-state index contributed by atoms with van der Waals surface area (Å²) >= 11 is 0. The van der Waals surface area contributed by atoms with Crippen LogP contribution in [0.5, 0.6) is 0 Å². The quantitative estimate of drug-likeness (QED) is 0.568. The van der Waals surface area contributed by atoms with Crippen LogP contribution < -0.4 is 5.32 Å². The highest BCUT2D eigenvalue weighted by atomic mass is 32.2. The van der Waals surface area contributed by atoms with Gasteiger partial charge in [0.15, 0.2) is 0 Å². The predicted octanol–water partition coefficient (Wildman–Crippen LogP) is 0.817. The van der Waals surface area contributed by atoms with Crippen LogP contribution in [-0.4, -0.2) is 58.4 Å². The summed E-state index contributed by atoms with van der Waals surface area (Å²) in [5, 5.41) is 3.39. The second kappa shape index (κ2) is 8.09. The molecule has 0 spiro atoms. The van der Waals surface area contributed by atoms with E-state index in [0.29, 0.717) is 19.2 Å². The van der Waals surface area contributed by atoms with Crippen molar-refractivity contribution in [3.8, 4) is 0 Å². The number of sulfonamides is 1. The van der Waals surface area contributed by atoms with Crippen LogP contribution in [-0.2, 0) is 14.8 Å². The molecule has 1 fully saturated rings. The van der Waals surface area contributed by atoms with E-state index in [9.17, 15) is 8.42 Å². The molecule has 1 saturated carbocycles. The molecule has 18 heavy (non-hydrogen) atoms. The molecule has 6 heteroatoms. The minimum absolute atomic E-state index is 0.253. The van der Waals surface area contributed by atoms with E-state index in [-0.39, 0.29) is 5.75 Å². The molecule has 0 bridgehead atoms. The first-order valence-electron chi connectivity index (χ1n) is 6.72. The molecular formula is C12H26N2O3S. The summed E-state index contributed by atoms with van der Waals surface area (Å²) in [6, 6.07) is 0.707. The maximum atomic E-state index is 11.9. The van der Waals surface area contributed by atoms with Gasteiger partial charge < -0.3 is 10.1 Å². The molecular weight excluding hydrogens is 252 g/mol. The molecule has 0 aromatic carbocycles. The highest BCUT2D eigenvalue weighted by Gasteiger charge is 2.20. The van der Waals surface area contributed by atoms with Crippen LogP contribution in [0.2, 0.25) is 0 Å². The number of ether oxygens (including phenoxy) is 1. The third kappa shape index (κ3) is 6.68. The van der Waals surface area contributed by atoms with Crippen molar-refractivity contribution in [3.05, 3.63) is 0 Å². The summed E-state index contributed by atoms with van der Waals surface area (Å²) in [7, 11) is 0.197. The molecule has 0 aliphatic heterocycles. The van der Waals surface area contributed by atoms with E-state index in [4.69, 9.17) is 4.74 Å². The number of nitrogens with zero attached hydrogens (tertiary/aromatic N) is 1. The van der Waals surface area contributed by atoms with Crippen molar-refractivity contribution in [2.24, 2.45) is 0 Å². The van der Waals surface area contributed by atoms with Crippen molar-refractivity contribution in [1.29, 1.82) is 0 Å². The normalized spacial score (nSPS) is 16.4. The van der Waals surface area contributed by atoms with Gasteiger partial charge in [0.1, 0.15) is 0 Å². The van der Waals surface area contributed by atoms with Crippen molar-refractivity contribution in [1.82, 2.24) is 9.62 Å². The lowest BCUT2D eigenvalue weighted by molar-refractivity contribution is 0.189. The average molecular weight is 278 g/mol. The van der Waals surface area contributed by atoms with Gasteiger partial charge >= 0.3 is 0 Å². The summed E-state index contributed by atoms with van der Waals surface area (Å²) in [5.41, 5.74) is 0. The molecule has 0 aromatic rings. The number of nitrogens with one attached hydrogen (secondary N) is 1. The maximum absolute atomic E-state index is 11.9. The molecule has 1 aliphatic rings. The van der Waals surface area contributed by atoms with Crippen LogP contribution in [0, 0.1) is 0 Å². The highest BCUT2D eigenvalue weighted by molar-refractivity contribution is 7.89. The van der Waals surface area contributed by atoms with Crippen molar-refractivity contribution in [2.75, 3.05) is 39.6 Å². The summed E-state index contributed by atoms with van der Waals surface area (Å²) < 4.78 is 30.2. The number of hydrogen-bond acceptors (Lipinski definition) is 4. The van der Waals surface area contributed by atoms with Gasteiger partial charge in [0, 0.05) is 33.4 Å². The van der Waals surface area contributed by atoms with Gasteiger partial charge in [-0.15, -0.1) is 0 Å². The largest absolute Gasteiger partial charge is 0.385 e. The zero-order chi connectivity index (χ0) is 13.4. The SMILES string of the molecule is COCCCN(C)S(=O)(=O)CCCCNC1CC1. The third-order valence-electron chi connectivity index (χ3n) is 3.14. The van der Waals surface area contributed by atoms with Crippen molar-refractivity contribution in [3.63, 3.8) is 0 Å². The van der Waals surface area contributed by atoms with Gasteiger partial charge in [-0.25, -0.2) is 12.7 Å². The summed E-state index contributed by atoms with van der Waals surface area (Å²) in [6.07, 6.45) is 4.97. The van der Waals surface area contributed by atoms with E-state index in [1.807, 2.05) is 0 Å². The Morgan fingerprint density at radius 3 is 2.61 bits per heavy atom. The number of methoxy groups -OCH3 is 1.